The molecule has 2 aromatic carbocycles. The number of fused-ring (bicyclic) bond motifs is 1. The largest absolute Gasteiger partial charge is 0.338 e. The summed E-state index contributed by atoms with van der Waals surface area (Å²) in [5, 5.41) is 0.863. The van der Waals surface area contributed by atoms with Crippen LogP contribution in [0.5, 0.6) is 0 Å². The Morgan fingerprint density at radius 1 is 1.11 bits per heavy atom. The maximum atomic E-state index is 4.62. The first-order chi connectivity index (χ1) is 8.76. The van der Waals surface area contributed by atoms with Gasteiger partial charge in [0, 0.05) is 10.9 Å². The predicted octanol–water partition coefficient (Wildman–Crippen LogP) is 4.43. The van der Waals surface area contributed by atoms with Gasteiger partial charge in [-0.2, -0.15) is 0 Å². The third-order valence-corrected chi connectivity index (χ3v) is 3.67. The molecule has 0 saturated heterocycles. The molecular weight excluding hydrogens is 288 g/mol. The lowest BCUT2D eigenvalue weighted by Gasteiger charge is -1.96. The zero-order valence-corrected chi connectivity index (χ0v) is 11.7. The third kappa shape index (κ3) is 2.06. The molecule has 0 fully saturated rings. The lowest BCUT2D eigenvalue weighted by Crippen LogP contribution is -1.80. The van der Waals surface area contributed by atoms with Gasteiger partial charge in [-0.15, -0.1) is 0 Å². The number of benzene rings is 2. The average Bonchev–Trinajstić information content (AvgIpc) is 2.82. The Labute approximate surface area is 114 Å². The number of aromatic amines is 1. The molecule has 0 radical (unpaired) electrons. The van der Waals surface area contributed by atoms with Crippen molar-refractivity contribution in [3.8, 4) is 11.4 Å². The van der Waals surface area contributed by atoms with Crippen LogP contribution >= 0.6 is 15.9 Å². The highest BCUT2D eigenvalue weighted by Gasteiger charge is 2.05. The third-order valence-electron chi connectivity index (χ3n) is 3.03. The monoisotopic (exact) mass is 300 g/mol. The SMILES string of the molecule is Cc1ccc(-c2nc3ccc(CBr)cc3[nH]2)cc1. The van der Waals surface area contributed by atoms with Gasteiger partial charge >= 0.3 is 0 Å². The number of nitrogens with zero attached hydrogens (tertiary/aromatic N) is 1. The van der Waals surface area contributed by atoms with Crippen molar-refractivity contribution in [3.05, 3.63) is 53.6 Å². The molecule has 0 atom stereocenters. The molecule has 0 aliphatic rings. The molecule has 0 aliphatic carbocycles. The zero-order chi connectivity index (χ0) is 12.5. The van der Waals surface area contributed by atoms with Gasteiger partial charge in [-0.1, -0.05) is 51.8 Å². The minimum atomic E-state index is 0.863. The fraction of sp³-hybridized carbons (Fsp3) is 0.133. The predicted molar refractivity (Wildman–Crippen MR) is 78.9 cm³/mol. The average molecular weight is 301 g/mol. The molecule has 2 nitrogen and oxygen atoms in total. The molecule has 3 aromatic rings. The molecule has 3 rings (SSSR count). The van der Waals surface area contributed by atoms with Crippen LogP contribution in [0.3, 0.4) is 0 Å². The Hall–Kier alpha value is -1.61. The molecule has 18 heavy (non-hydrogen) atoms. The van der Waals surface area contributed by atoms with E-state index in [0.29, 0.717) is 0 Å². The van der Waals surface area contributed by atoms with Crippen LogP contribution in [-0.2, 0) is 5.33 Å². The molecule has 0 spiro atoms. The number of nitrogens with one attached hydrogen (secondary N) is 1. The Bertz CT molecular complexity index is 683. The molecule has 0 amide bonds. The topological polar surface area (TPSA) is 28.7 Å². The van der Waals surface area contributed by atoms with Crippen molar-refractivity contribution in [2.45, 2.75) is 12.3 Å². The van der Waals surface area contributed by atoms with Gasteiger partial charge in [0.2, 0.25) is 0 Å². The van der Waals surface area contributed by atoms with Crippen LogP contribution in [0.1, 0.15) is 11.1 Å². The maximum absolute atomic E-state index is 4.62. The van der Waals surface area contributed by atoms with Gasteiger partial charge < -0.3 is 4.98 Å². The van der Waals surface area contributed by atoms with Crippen LogP contribution in [0, 0.1) is 6.92 Å². The molecule has 1 heterocycles. The van der Waals surface area contributed by atoms with Crippen molar-refractivity contribution in [2.24, 2.45) is 0 Å². The molecule has 0 bridgehead atoms. The van der Waals surface area contributed by atoms with Crippen LogP contribution in [-0.4, -0.2) is 9.97 Å². The number of H-pyrrole nitrogens is 1. The molecule has 90 valence electrons. The standard InChI is InChI=1S/C15H13BrN2/c1-10-2-5-12(6-3-10)15-17-13-7-4-11(9-16)8-14(13)18-15/h2-8H,9H2,1H3,(H,17,18). The summed E-state index contributed by atoms with van der Waals surface area (Å²) in [6.07, 6.45) is 0. The van der Waals surface area contributed by atoms with Crippen LogP contribution in [0.4, 0.5) is 0 Å². The molecule has 0 aliphatic heterocycles. The Kier molecular flexibility index (Phi) is 2.92. The van der Waals surface area contributed by atoms with Crippen LogP contribution < -0.4 is 0 Å². The van der Waals surface area contributed by atoms with Crippen molar-refractivity contribution in [3.63, 3.8) is 0 Å². The maximum Gasteiger partial charge on any atom is 0.138 e. The minimum Gasteiger partial charge on any atom is -0.338 e. The van der Waals surface area contributed by atoms with Gasteiger partial charge in [0.1, 0.15) is 5.82 Å². The highest BCUT2D eigenvalue weighted by molar-refractivity contribution is 9.08. The summed E-state index contributed by atoms with van der Waals surface area (Å²) in [5.74, 6) is 0.928. The van der Waals surface area contributed by atoms with E-state index >= 15 is 0 Å². The summed E-state index contributed by atoms with van der Waals surface area (Å²) < 4.78 is 0. The van der Waals surface area contributed by atoms with Gasteiger partial charge in [-0.05, 0) is 24.6 Å². The summed E-state index contributed by atoms with van der Waals surface area (Å²) in [7, 11) is 0. The zero-order valence-electron chi connectivity index (χ0n) is 10.1. The lowest BCUT2D eigenvalue weighted by molar-refractivity contribution is 1.33. The van der Waals surface area contributed by atoms with Gasteiger partial charge in [0.25, 0.3) is 0 Å². The molecule has 3 heteroatoms. The second-order valence-electron chi connectivity index (χ2n) is 4.44. The molecule has 0 unspecified atom stereocenters. The van der Waals surface area contributed by atoms with E-state index in [2.05, 4.69) is 75.3 Å². The number of hydrogen-bond acceptors (Lipinski definition) is 1. The van der Waals surface area contributed by atoms with Crippen molar-refractivity contribution in [1.82, 2.24) is 9.97 Å². The fourth-order valence-electron chi connectivity index (χ4n) is 1.99. The summed E-state index contributed by atoms with van der Waals surface area (Å²) in [4.78, 5) is 7.99. The van der Waals surface area contributed by atoms with E-state index in [-0.39, 0.29) is 0 Å². The number of alkyl halides is 1. The highest BCUT2D eigenvalue weighted by atomic mass is 79.9. The Balaban J connectivity index is 2.10. The summed E-state index contributed by atoms with van der Waals surface area (Å²) >= 11 is 3.47. The van der Waals surface area contributed by atoms with Crippen molar-refractivity contribution in [2.75, 3.05) is 0 Å². The van der Waals surface area contributed by atoms with E-state index in [1.54, 1.807) is 0 Å². The van der Waals surface area contributed by atoms with Gasteiger partial charge in [0.05, 0.1) is 11.0 Å². The second kappa shape index (κ2) is 4.58. The van der Waals surface area contributed by atoms with Crippen LogP contribution in [0.2, 0.25) is 0 Å². The highest BCUT2D eigenvalue weighted by Crippen LogP contribution is 2.22. The minimum absolute atomic E-state index is 0.863. The summed E-state index contributed by atoms with van der Waals surface area (Å²) in [6, 6.07) is 14.7. The molecule has 1 aromatic heterocycles. The van der Waals surface area contributed by atoms with E-state index in [1.807, 2.05) is 0 Å². The summed E-state index contributed by atoms with van der Waals surface area (Å²) in [6.45, 7) is 2.09. The van der Waals surface area contributed by atoms with Gasteiger partial charge in [-0.25, -0.2) is 4.98 Å². The number of imidazole rings is 1. The Morgan fingerprint density at radius 3 is 2.61 bits per heavy atom. The number of hydrogen-bond donors (Lipinski definition) is 1. The van der Waals surface area contributed by atoms with Gasteiger partial charge in [0.15, 0.2) is 0 Å². The van der Waals surface area contributed by atoms with E-state index in [1.165, 1.54) is 11.1 Å². The van der Waals surface area contributed by atoms with Gasteiger partial charge in [-0.3, -0.25) is 0 Å². The first-order valence-corrected chi connectivity index (χ1v) is 7.00. The molecule has 0 saturated carbocycles. The van der Waals surface area contributed by atoms with E-state index < -0.39 is 0 Å². The van der Waals surface area contributed by atoms with Crippen LogP contribution in [0.25, 0.3) is 22.4 Å². The first kappa shape index (κ1) is 11.5. The normalized spacial score (nSPS) is 11.0. The number of aromatic nitrogens is 2. The lowest BCUT2D eigenvalue weighted by atomic mass is 10.1. The van der Waals surface area contributed by atoms with E-state index in [9.17, 15) is 0 Å². The van der Waals surface area contributed by atoms with Crippen molar-refractivity contribution in [1.29, 1.82) is 0 Å². The van der Waals surface area contributed by atoms with Crippen LogP contribution in [0.15, 0.2) is 42.5 Å². The van der Waals surface area contributed by atoms with E-state index in [0.717, 1.165) is 27.8 Å². The number of rotatable bonds is 2. The number of halogens is 1. The van der Waals surface area contributed by atoms with E-state index in [4.69, 9.17) is 0 Å². The summed E-state index contributed by atoms with van der Waals surface area (Å²) in [5.41, 5.74) is 5.73. The Morgan fingerprint density at radius 2 is 1.89 bits per heavy atom. The fourth-order valence-corrected chi connectivity index (χ4v) is 2.34. The van der Waals surface area contributed by atoms with Crippen molar-refractivity contribution < 1.29 is 0 Å². The number of aryl methyl sites for hydroxylation is 1. The molecular formula is C15H13BrN2. The first-order valence-electron chi connectivity index (χ1n) is 5.88. The second-order valence-corrected chi connectivity index (χ2v) is 5.00. The smallest absolute Gasteiger partial charge is 0.138 e. The molecule has 1 N–H and O–H groups in total. The van der Waals surface area contributed by atoms with Crippen molar-refractivity contribution >= 4 is 27.0 Å². The quantitative estimate of drug-likeness (QED) is 0.697.